The van der Waals surface area contributed by atoms with E-state index in [0.717, 1.165) is 6.92 Å². The van der Waals surface area contributed by atoms with Crippen molar-refractivity contribution in [1.29, 1.82) is 0 Å². The number of amides is 1. The molecule has 3 atom stereocenters. The summed E-state index contributed by atoms with van der Waals surface area (Å²) < 4.78 is 90.0. The van der Waals surface area contributed by atoms with Crippen LogP contribution >= 0.6 is 0 Å². The van der Waals surface area contributed by atoms with E-state index in [2.05, 4.69) is 0 Å². The van der Waals surface area contributed by atoms with Gasteiger partial charge in [0.25, 0.3) is 5.72 Å². The van der Waals surface area contributed by atoms with Gasteiger partial charge in [-0.05, 0) is 32.6 Å². The van der Waals surface area contributed by atoms with Gasteiger partial charge in [-0.15, -0.1) is 0 Å². The number of aliphatic hydroxyl groups is 2. The molecule has 3 rings (SSSR count). The molecule has 1 heterocycles. The number of hydrogen-bond acceptors (Lipinski definition) is 5. The largest absolute Gasteiger partial charge is 0.438 e. The van der Waals surface area contributed by atoms with Crippen LogP contribution in [0.1, 0.15) is 39.5 Å². The Morgan fingerprint density at radius 2 is 1.48 bits per heavy atom. The molecule has 3 aliphatic rings. The fourth-order valence-corrected chi connectivity index (χ4v) is 5.10. The van der Waals surface area contributed by atoms with Crippen molar-refractivity contribution in [3.8, 4) is 0 Å². The van der Waals surface area contributed by atoms with Crippen LogP contribution < -0.4 is 0 Å². The Bertz CT molecular complexity index is 658. The number of hydrogen-bond donors (Lipinski definition) is 2. The Hall–Kier alpha value is -1.11. The van der Waals surface area contributed by atoms with Gasteiger partial charge in [0.2, 0.25) is 11.6 Å². The molecule has 2 aliphatic carbocycles. The molecule has 2 N–H and O–H groups in total. The number of rotatable bonds is 2. The van der Waals surface area contributed by atoms with E-state index in [-0.39, 0.29) is 9.80 Å². The van der Waals surface area contributed by atoms with Crippen molar-refractivity contribution in [2.75, 3.05) is 7.11 Å². The summed E-state index contributed by atoms with van der Waals surface area (Å²) in [6.45, 7) is 1.57. The minimum Gasteiger partial charge on any atom is -0.379 e. The fourth-order valence-electron chi connectivity index (χ4n) is 5.10. The van der Waals surface area contributed by atoms with Gasteiger partial charge in [0.1, 0.15) is 6.23 Å². The van der Waals surface area contributed by atoms with E-state index in [1.807, 2.05) is 0 Å². The maximum Gasteiger partial charge on any atom is 0.438 e. The number of alkyl halides is 6. The van der Waals surface area contributed by atoms with Crippen molar-refractivity contribution in [1.82, 2.24) is 9.80 Å². The summed E-state index contributed by atoms with van der Waals surface area (Å²) in [5, 5.41) is 21.0. The van der Waals surface area contributed by atoms with Crippen molar-refractivity contribution in [3.63, 3.8) is 0 Å². The van der Waals surface area contributed by atoms with Crippen LogP contribution in [0, 0.1) is 0 Å². The summed E-state index contributed by atoms with van der Waals surface area (Å²) in [5.41, 5.74) is -12.4. The van der Waals surface area contributed by atoms with Crippen LogP contribution in [0.15, 0.2) is 0 Å². The van der Waals surface area contributed by atoms with Gasteiger partial charge in [0.05, 0.1) is 11.1 Å². The highest BCUT2D eigenvalue weighted by Crippen LogP contribution is 2.73. The monoisotopic (exact) mass is 406 g/mol. The standard InChI is InChI=1S/C15H20F6N2O4/c1-8(24)22-11(6-7-11)13(27-3,15(19,20)21)23(9(2)25)10(4-5-10)12(22,26)14(16,17)18/h9,25-26H,4-7H2,1-3H3. The Balaban J connectivity index is 2.41. The molecular formula is C15H20F6N2O4. The van der Waals surface area contributed by atoms with E-state index < -0.39 is 72.7 Å². The van der Waals surface area contributed by atoms with E-state index in [1.165, 1.54) is 0 Å². The Kier molecular flexibility index (Phi) is 4.03. The zero-order valence-corrected chi connectivity index (χ0v) is 14.8. The molecule has 0 aromatic rings. The lowest BCUT2D eigenvalue weighted by Crippen LogP contribution is -2.90. The first kappa shape index (κ1) is 20.6. The van der Waals surface area contributed by atoms with Crippen molar-refractivity contribution in [3.05, 3.63) is 0 Å². The number of carbonyl (C=O) groups is 1. The van der Waals surface area contributed by atoms with Crippen LogP contribution in [-0.2, 0) is 9.53 Å². The number of piperazine rings is 1. The zero-order chi connectivity index (χ0) is 20.8. The number of methoxy groups -OCH3 is 1. The normalized spacial score (nSPS) is 36.2. The van der Waals surface area contributed by atoms with Crippen molar-refractivity contribution < 1.29 is 46.1 Å². The number of carbonyl (C=O) groups excluding carboxylic acids is 1. The maximum atomic E-state index is 14.3. The van der Waals surface area contributed by atoms with Crippen LogP contribution in [-0.4, -0.2) is 74.1 Å². The SMILES string of the molecule is COC1(C(F)(F)F)N(C(C)O)C2(CC2)C(O)(C(F)(F)F)N(C(C)=O)C12CC2. The van der Waals surface area contributed by atoms with E-state index in [1.54, 1.807) is 0 Å². The first-order valence-corrected chi connectivity index (χ1v) is 8.30. The van der Waals surface area contributed by atoms with Crippen molar-refractivity contribution in [2.45, 2.75) is 80.6 Å². The van der Waals surface area contributed by atoms with Gasteiger partial charge >= 0.3 is 12.4 Å². The minimum atomic E-state index is -5.45. The van der Waals surface area contributed by atoms with Gasteiger partial charge in [-0.1, -0.05) is 0 Å². The third-order valence-corrected chi connectivity index (χ3v) is 6.04. The lowest BCUT2D eigenvalue weighted by Gasteiger charge is -2.66. The first-order chi connectivity index (χ1) is 12.1. The molecule has 0 radical (unpaired) electrons. The minimum absolute atomic E-state index is 0.0944. The fraction of sp³-hybridized carbons (Fsp3) is 0.933. The first-order valence-electron chi connectivity index (χ1n) is 8.30. The maximum absolute atomic E-state index is 14.3. The van der Waals surface area contributed by atoms with Crippen LogP contribution in [0.3, 0.4) is 0 Å². The van der Waals surface area contributed by atoms with E-state index in [9.17, 15) is 41.4 Å². The van der Waals surface area contributed by atoms with Crippen molar-refractivity contribution >= 4 is 5.91 Å². The van der Waals surface area contributed by atoms with E-state index in [4.69, 9.17) is 4.74 Å². The molecule has 2 saturated carbocycles. The Morgan fingerprint density at radius 3 is 1.70 bits per heavy atom. The van der Waals surface area contributed by atoms with Gasteiger partial charge in [0, 0.05) is 14.0 Å². The predicted octanol–water partition coefficient (Wildman–Crippen LogP) is 1.71. The van der Waals surface area contributed by atoms with Gasteiger partial charge in [-0.25, -0.2) is 4.90 Å². The lowest BCUT2D eigenvalue weighted by molar-refractivity contribution is -0.453. The average Bonchev–Trinajstić information content (AvgIpc) is 3.35. The summed E-state index contributed by atoms with van der Waals surface area (Å²) >= 11 is 0. The summed E-state index contributed by atoms with van der Waals surface area (Å²) in [6.07, 6.45) is -14.7. The van der Waals surface area contributed by atoms with Gasteiger partial charge in [-0.3, -0.25) is 9.69 Å². The summed E-state index contributed by atoms with van der Waals surface area (Å²) in [6, 6.07) is 0. The van der Waals surface area contributed by atoms with Crippen LogP contribution in [0.25, 0.3) is 0 Å². The number of halogens is 6. The molecule has 1 saturated heterocycles. The molecule has 2 spiro atoms. The molecule has 6 nitrogen and oxygen atoms in total. The number of nitrogens with zero attached hydrogens (tertiary/aromatic N) is 2. The van der Waals surface area contributed by atoms with Crippen LogP contribution in [0.4, 0.5) is 26.3 Å². The Labute approximate surface area is 150 Å². The summed E-state index contributed by atoms with van der Waals surface area (Å²) in [5.74, 6) is -1.35. The molecule has 3 unspecified atom stereocenters. The average molecular weight is 406 g/mol. The molecule has 0 aromatic heterocycles. The molecule has 0 aromatic carbocycles. The summed E-state index contributed by atoms with van der Waals surface area (Å²) in [4.78, 5) is 12.3. The third-order valence-electron chi connectivity index (χ3n) is 6.04. The lowest BCUT2D eigenvalue weighted by atomic mass is 9.80. The highest BCUT2D eigenvalue weighted by molar-refractivity contribution is 5.77. The molecule has 1 amide bonds. The van der Waals surface area contributed by atoms with Crippen molar-refractivity contribution in [2.24, 2.45) is 0 Å². The molecule has 3 fully saturated rings. The van der Waals surface area contributed by atoms with Gasteiger partial charge in [0.15, 0.2) is 0 Å². The van der Waals surface area contributed by atoms with E-state index in [0.29, 0.717) is 14.0 Å². The smallest absolute Gasteiger partial charge is 0.379 e. The predicted molar refractivity (Wildman–Crippen MR) is 76.8 cm³/mol. The van der Waals surface area contributed by atoms with E-state index >= 15 is 0 Å². The molecule has 1 aliphatic heterocycles. The van der Waals surface area contributed by atoms with Gasteiger partial charge < -0.3 is 14.9 Å². The third kappa shape index (κ3) is 2.04. The van der Waals surface area contributed by atoms with Crippen LogP contribution in [0.2, 0.25) is 0 Å². The second kappa shape index (κ2) is 5.28. The molecule has 12 heteroatoms. The Morgan fingerprint density at radius 1 is 1.04 bits per heavy atom. The molecular weight excluding hydrogens is 386 g/mol. The second-order valence-corrected chi connectivity index (χ2v) is 7.44. The zero-order valence-electron chi connectivity index (χ0n) is 14.8. The highest BCUT2D eigenvalue weighted by Gasteiger charge is 2.93. The topological polar surface area (TPSA) is 73.2 Å². The molecule has 27 heavy (non-hydrogen) atoms. The second-order valence-electron chi connectivity index (χ2n) is 7.44. The van der Waals surface area contributed by atoms with Gasteiger partial charge in [-0.2, -0.15) is 26.3 Å². The molecule has 156 valence electrons. The quantitative estimate of drug-likeness (QED) is 0.684. The number of aliphatic hydroxyl groups excluding tert-OH is 1. The molecule has 0 bridgehead atoms. The highest BCUT2D eigenvalue weighted by atomic mass is 19.4. The van der Waals surface area contributed by atoms with Crippen LogP contribution in [0.5, 0.6) is 0 Å². The summed E-state index contributed by atoms with van der Waals surface area (Å²) in [7, 11) is 0.676. The number of ether oxygens (including phenoxy) is 1.